The van der Waals surface area contributed by atoms with Crippen molar-refractivity contribution in [2.45, 2.75) is 13.8 Å². The number of hydrogen-bond donors (Lipinski definition) is 0. The maximum absolute atomic E-state index is 14.0. The largest absolute Gasteiger partial charge is 0.490 e. The Morgan fingerprint density at radius 2 is 2.08 bits per heavy atom. The van der Waals surface area contributed by atoms with Crippen LogP contribution < -0.4 is 4.74 Å². The number of rotatable bonds is 4. The van der Waals surface area contributed by atoms with E-state index >= 15 is 0 Å². The Hall–Kier alpha value is -3.29. The number of benzene rings is 1. The van der Waals surface area contributed by atoms with E-state index in [4.69, 9.17) is 4.74 Å². The number of nitro benzene ring substituents is 1. The summed E-state index contributed by atoms with van der Waals surface area (Å²) in [7, 11) is 1.26. The normalized spacial score (nSPS) is 10.7. The zero-order valence-corrected chi connectivity index (χ0v) is 13.9. The molecule has 0 bridgehead atoms. The molecule has 0 N–H and O–H groups in total. The van der Waals surface area contributed by atoms with Crippen LogP contribution in [0.25, 0.3) is 17.1 Å². The summed E-state index contributed by atoms with van der Waals surface area (Å²) in [6.07, 6.45) is 4.88. The first-order chi connectivity index (χ1) is 11.9. The summed E-state index contributed by atoms with van der Waals surface area (Å²) >= 11 is 0. The van der Waals surface area contributed by atoms with Gasteiger partial charge in [0.15, 0.2) is 0 Å². The first-order valence-corrected chi connectivity index (χ1v) is 7.41. The molecule has 7 nitrogen and oxygen atoms in total. The van der Waals surface area contributed by atoms with E-state index in [1.54, 1.807) is 25.5 Å². The zero-order valence-electron chi connectivity index (χ0n) is 13.9. The molecule has 128 valence electrons. The molecule has 1 aromatic carbocycles. The van der Waals surface area contributed by atoms with Gasteiger partial charge in [-0.15, -0.1) is 0 Å². The fourth-order valence-electron chi connectivity index (χ4n) is 2.65. The lowest BCUT2D eigenvalue weighted by molar-refractivity contribution is -0.385. The highest BCUT2D eigenvalue weighted by molar-refractivity contribution is 5.68. The van der Waals surface area contributed by atoms with E-state index in [0.29, 0.717) is 17.1 Å². The number of imidazole rings is 1. The van der Waals surface area contributed by atoms with Gasteiger partial charge in [0.25, 0.3) is 0 Å². The predicted octanol–water partition coefficient (Wildman–Crippen LogP) is 3.61. The molecular weight excluding hydrogens is 327 g/mol. The van der Waals surface area contributed by atoms with Crippen LogP contribution in [0.3, 0.4) is 0 Å². The second kappa shape index (κ2) is 6.31. The Labute approximate surface area is 142 Å². The number of aryl methyl sites for hydroxylation is 2. The number of nitro groups is 1. The minimum absolute atomic E-state index is 0.0423. The number of halogens is 1. The second-order valence-corrected chi connectivity index (χ2v) is 5.50. The molecule has 25 heavy (non-hydrogen) atoms. The monoisotopic (exact) mass is 342 g/mol. The van der Waals surface area contributed by atoms with Crippen LogP contribution in [0.2, 0.25) is 0 Å². The van der Waals surface area contributed by atoms with Crippen molar-refractivity contribution in [1.82, 2.24) is 14.5 Å². The number of hydrogen-bond acceptors (Lipinski definition) is 5. The van der Waals surface area contributed by atoms with E-state index in [2.05, 4.69) is 9.97 Å². The maximum Gasteiger partial charge on any atom is 0.334 e. The molecule has 0 atom stereocenters. The number of aromatic nitrogens is 3. The van der Waals surface area contributed by atoms with Gasteiger partial charge in [0.1, 0.15) is 17.3 Å². The molecule has 0 spiro atoms. The lowest BCUT2D eigenvalue weighted by Gasteiger charge is -2.12. The van der Waals surface area contributed by atoms with E-state index in [9.17, 15) is 14.5 Å². The molecule has 2 heterocycles. The lowest BCUT2D eigenvalue weighted by Crippen LogP contribution is -2.05. The van der Waals surface area contributed by atoms with Gasteiger partial charge >= 0.3 is 5.69 Å². The van der Waals surface area contributed by atoms with Crippen LogP contribution in [0.1, 0.15) is 11.3 Å². The first-order valence-electron chi connectivity index (χ1n) is 7.41. The third kappa shape index (κ3) is 2.93. The highest BCUT2D eigenvalue weighted by Gasteiger charge is 2.26. The molecule has 2 aromatic heterocycles. The molecule has 0 saturated carbocycles. The van der Waals surface area contributed by atoms with Crippen LogP contribution in [0.15, 0.2) is 36.8 Å². The molecule has 0 aliphatic heterocycles. The Bertz CT molecular complexity index is 969. The molecule has 0 unspecified atom stereocenters. The van der Waals surface area contributed by atoms with Crippen molar-refractivity contribution in [3.05, 3.63) is 64.0 Å². The maximum atomic E-state index is 14.0. The molecule has 3 aromatic rings. The molecule has 0 aliphatic rings. The predicted molar refractivity (Wildman–Crippen MR) is 89.4 cm³/mol. The second-order valence-electron chi connectivity index (χ2n) is 5.50. The van der Waals surface area contributed by atoms with Gasteiger partial charge < -0.3 is 4.74 Å². The van der Waals surface area contributed by atoms with Gasteiger partial charge in [-0.25, -0.2) is 9.37 Å². The van der Waals surface area contributed by atoms with Crippen molar-refractivity contribution in [2.75, 3.05) is 7.11 Å². The van der Waals surface area contributed by atoms with Gasteiger partial charge in [-0.3, -0.25) is 19.7 Å². The van der Waals surface area contributed by atoms with Gasteiger partial charge in [0.05, 0.1) is 17.7 Å². The summed E-state index contributed by atoms with van der Waals surface area (Å²) in [4.78, 5) is 19.5. The molecule has 0 fully saturated rings. The van der Waals surface area contributed by atoms with Crippen molar-refractivity contribution < 1.29 is 14.1 Å². The fraction of sp³-hybridized carbons (Fsp3) is 0.176. The summed E-state index contributed by atoms with van der Waals surface area (Å²) in [5, 5.41) is 11.6. The smallest absolute Gasteiger partial charge is 0.334 e. The third-order valence-corrected chi connectivity index (χ3v) is 3.79. The average molecular weight is 342 g/mol. The summed E-state index contributed by atoms with van der Waals surface area (Å²) < 4.78 is 20.5. The van der Waals surface area contributed by atoms with Crippen molar-refractivity contribution in [1.29, 1.82) is 0 Å². The highest BCUT2D eigenvalue weighted by Crippen LogP contribution is 2.37. The Morgan fingerprint density at radius 1 is 1.32 bits per heavy atom. The summed E-state index contributed by atoms with van der Waals surface area (Å²) in [6, 6.07) is 3.89. The minimum Gasteiger partial charge on any atom is -0.490 e. The Kier molecular flexibility index (Phi) is 4.18. The SMILES string of the molecule is COc1cc(F)cc(-n2cc(C)nc2-c2cnccc2C)c1[N+](=O)[O-]. The average Bonchev–Trinajstić information content (AvgIpc) is 2.95. The minimum atomic E-state index is -0.641. The van der Waals surface area contributed by atoms with Crippen molar-refractivity contribution in [2.24, 2.45) is 0 Å². The van der Waals surface area contributed by atoms with Gasteiger partial charge in [-0.05, 0) is 25.5 Å². The van der Waals surface area contributed by atoms with Gasteiger partial charge in [0.2, 0.25) is 5.75 Å². The first kappa shape index (κ1) is 16.6. The summed E-state index contributed by atoms with van der Waals surface area (Å²) in [5.41, 5.74) is 1.95. The van der Waals surface area contributed by atoms with E-state index in [0.717, 1.165) is 17.7 Å². The molecule has 8 heteroatoms. The summed E-state index contributed by atoms with van der Waals surface area (Å²) in [5.74, 6) is -0.350. The lowest BCUT2D eigenvalue weighted by atomic mass is 10.1. The molecule has 3 rings (SSSR count). The quantitative estimate of drug-likeness (QED) is 0.534. The van der Waals surface area contributed by atoms with E-state index in [1.165, 1.54) is 11.7 Å². The van der Waals surface area contributed by atoms with Crippen LogP contribution in [0.4, 0.5) is 10.1 Å². The van der Waals surface area contributed by atoms with Crippen molar-refractivity contribution in [3.8, 4) is 22.8 Å². The number of pyridine rings is 1. The standard InChI is InChI=1S/C17H15FN4O3/c1-10-4-5-19-8-13(10)17-20-11(2)9-21(17)14-6-12(18)7-15(25-3)16(14)22(23)24/h4-9H,1-3H3. The van der Waals surface area contributed by atoms with Gasteiger partial charge in [-0.1, -0.05) is 0 Å². The van der Waals surface area contributed by atoms with E-state index < -0.39 is 10.7 Å². The number of ether oxygens (including phenoxy) is 1. The van der Waals surface area contributed by atoms with Crippen molar-refractivity contribution >= 4 is 5.69 Å². The zero-order chi connectivity index (χ0) is 18.1. The third-order valence-electron chi connectivity index (χ3n) is 3.79. The van der Waals surface area contributed by atoms with Crippen LogP contribution in [-0.4, -0.2) is 26.6 Å². The molecule has 0 saturated heterocycles. The van der Waals surface area contributed by atoms with Crippen LogP contribution >= 0.6 is 0 Å². The van der Waals surface area contributed by atoms with Crippen molar-refractivity contribution in [3.63, 3.8) is 0 Å². The molecule has 0 amide bonds. The summed E-state index contributed by atoms with van der Waals surface area (Å²) in [6.45, 7) is 3.64. The topological polar surface area (TPSA) is 83.1 Å². The highest BCUT2D eigenvalue weighted by atomic mass is 19.1. The van der Waals surface area contributed by atoms with Gasteiger partial charge in [0, 0.05) is 36.3 Å². The Balaban J connectivity index is 2.34. The number of nitrogens with zero attached hydrogens (tertiary/aromatic N) is 4. The van der Waals surface area contributed by atoms with Crippen LogP contribution in [-0.2, 0) is 0 Å². The van der Waals surface area contributed by atoms with Gasteiger partial charge in [-0.2, -0.15) is 0 Å². The number of methoxy groups -OCH3 is 1. The Morgan fingerprint density at radius 3 is 2.72 bits per heavy atom. The van der Waals surface area contributed by atoms with Crippen LogP contribution in [0.5, 0.6) is 5.75 Å². The molecule has 0 radical (unpaired) electrons. The molecular formula is C17H15FN4O3. The van der Waals surface area contributed by atoms with E-state index in [-0.39, 0.29) is 17.1 Å². The van der Waals surface area contributed by atoms with E-state index in [1.807, 2.05) is 13.0 Å². The molecule has 0 aliphatic carbocycles. The fourth-order valence-corrected chi connectivity index (χ4v) is 2.65. The van der Waals surface area contributed by atoms with Crippen LogP contribution in [0, 0.1) is 29.8 Å².